The maximum Gasteiger partial charge on any atom is 0.155 e. The van der Waals surface area contributed by atoms with E-state index in [1.54, 1.807) is 0 Å². The van der Waals surface area contributed by atoms with Crippen molar-refractivity contribution in [1.29, 1.82) is 0 Å². The molecule has 0 bridgehead atoms. The Morgan fingerprint density at radius 1 is 1.29 bits per heavy atom. The van der Waals surface area contributed by atoms with Crippen LogP contribution in [0.5, 0.6) is 5.75 Å². The van der Waals surface area contributed by atoms with E-state index in [0.29, 0.717) is 0 Å². The van der Waals surface area contributed by atoms with E-state index in [4.69, 9.17) is 0 Å². The fraction of sp³-hybridized carbons (Fsp3) is 0.636. The molecule has 0 radical (unpaired) electrons. The average molecular weight is 194 g/mol. The molecule has 0 spiro atoms. The van der Waals surface area contributed by atoms with E-state index in [9.17, 15) is 5.11 Å². The van der Waals surface area contributed by atoms with Crippen molar-refractivity contribution in [2.24, 2.45) is 0 Å². The lowest BCUT2D eigenvalue weighted by Crippen LogP contribution is -1.98. The highest BCUT2D eigenvalue weighted by atomic mass is 16.3. The number of aryl methyl sites for hydroxylation is 2. The van der Waals surface area contributed by atoms with Gasteiger partial charge in [-0.1, -0.05) is 26.7 Å². The molecule has 1 aromatic rings. The summed E-state index contributed by atoms with van der Waals surface area (Å²) in [7, 11) is 0. The molecule has 78 valence electrons. The highest BCUT2D eigenvalue weighted by molar-refractivity contribution is 5.22. The fourth-order valence-corrected chi connectivity index (χ4v) is 1.37. The second kappa shape index (κ2) is 5.58. The minimum Gasteiger partial charge on any atom is -0.504 e. The molecule has 0 aliphatic rings. The van der Waals surface area contributed by atoms with Gasteiger partial charge in [0.2, 0.25) is 0 Å². The molecule has 0 saturated heterocycles. The first-order valence-corrected chi connectivity index (χ1v) is 5.31. The van der Waals surface area contributed by atoms with Crippen LogP contribution in [-0.4, -0.2) is 15.1 Å². The number of hydrogen-bond acceptors (Lipinski definition) is 3. The molecular weight excluding hydrogens is 176 g/mol. The van der Waals surface area contributed by atoms with Crippen molar-refractivity contribution < 1.29 is 5.11 Å². The van der Waals surface area contributed by atoms with Gasteiger partial charge in [0, 0.05) is 6.42 Å². The zero-order chi connectivity index (χ0) is 10.4. The molecule has 0 unspecified atom stereocenters. The maximum atomic E-state index is 9.38. The predicted octanol–water partition coefficient (Wildman–Crippen LogP) is 2.48. The molecule has 0 aromatic carbocycles. The third kappa shape index (κ3) is 2.98. The van der Waals surface area contributed by atoms with Gasteiger partial charge < -0.3 is 5.11 Å². The summed E-state index contributed by atoms with van der Waals surface area (Å²) in [6, 6.07) is 0. The first-order chi connectivity index (χ1) is 6.77. The Morgan fingerprint density at radius 2 is 2.07 bits per heavy atom. The second-order valence-electron chi connectivity index (χ2n) is 3.43. The van der Waals surface area contributed by atoms with Gasteiger partial charge in [0.15, 0.2) is 5.75 Å². The first kappa shape index (κ1) is 11.0. The Labute approximate surface area is 85.2 Å². The maximum absolute atomic E-state index is 9.38. The number of nitrogens with zero attached hydrogens (tertiary/aromatic N) is 2. The summed E-state index contributed by atoms with van der Waals surface area (Å²) in [5.74, 6) is 1.07. The van der Waals surface area contributed by atoms with Gasteiger partial charge in [-0.05, 0) is 12.8 Å². The van der Waals surface area contributed by atoms with E-state index >= 15 is 0 Å². The highest BCUT2D eigenvalue weighted by Crippen LogP contribution is 2.13. The molecule has 0 aliphatic carbocycles. The minimum absolute atomic E-state index is 0.215. The summed E-state index contributed by atoms with van der Waals surface area (Å²) >= 11 is 0. The SMILES string of the molecule is CCCCCc1ncc(O)c(CC)n1. The molecule has 0 aliphatic heterocycles. The van der Waals surface area contributed by atoms with E-state index in [-0.39, 0.29) is 5.75 Å². The third-order valence-corrected chi connectivity index (χ3v) is 2.23. The number of unbranched alkanes of at least 4 members (excludes halogenated alkanes) is 2. The van der Waals surface area contributed by atoms with E-state index in [1.807, 2.05) is 6.92 Å². The fourth-order valence-electron chi connectivity index (χ4n) is 1.37. The quantitative estimate of drug-likeness (QED) is 0.732. The molecular formula is C11H18N2O. The second-order valence-corrected chi connectivity index (χ2v) is 3.43. The smallest absolute Gasteiger partial charge is 0.155 e. The molecule has 1 aromatic heterocycles. The van der Waals surface area contributed by atoms with Gasteiger partial charge in [-0.2, -0.15) is 0 Å². The van der Waals surface area contributed by atoms with Crippen LogP contribution in [0.1, 0.15) is 44.6 Å². The van der Waals surface area contributed by atoms with Crippen LogP contribution in [0.4, 0.5) is 0 Å². The van der Waals surface area contributed by atoms with Crippen LogP contribution < -0.4 is 0 Å². The number of rotatable bonds is 5. The van der Waals surface area contributed by atoms with Crippen LogP contribution in [0, 0.1) is 0 Å². The van der Waals surface area contributed by atoms with Crippen LogP contribution in [0.3, 0.4) is 0 Å². The zero-order valence-electron chi connectivity index (χ0n) is 8.95. The lowest BCUT2D eigenvalue weighted by Gasteiger charge is -2.03. The molecule has 1 rings (SSSR count). The number of aromatic hydroxyl groups is 1. The van der Waals surface area contributed by atoms with Gasteiger partial charge in [0.1, 0.15) is 5.82 Å². The van der Waals surface area contributed by atoms with E-state index in [0.717, 1.165) is 30.8 Å². The van der Waals surface area contributed by atoms with Crippen molar-refractivity contribution >= 4 is 0 Å². The predicted molar refractivity (Wildman–Crippen MR) is 56.3 cm³/mol. The van der Waals surface area contributed by atoms with E-state index < -0.39 is 0 Å². The average Bonchev–Trinajstić information content (AvgIpc) is 2.21. The Morgan fingerprint density at radius 3 is 2.71 bits per heavy atom. The topological polar surface area (TPSA) is 46.0 Å². The standard InChI is InChI=1S/C11H18N2O/c1-3-5-6-7-11-12-8-10(14)9(4-2)13-11/h8,14H,3-7H2,1-2H3. The molecule has 0 amide bonds. The van der Waals surface area contributed by atoms with Crippen LogP contribution in [0.2, 0.25) is 0 Å². The summed E-state index contributed by atoms with van der Waals surface area (Å²) in [5.41, 5.74) is 0.756. The normalized spacial score (nSPS) is 10.4. The Bertz CT molecular complexity index is 287. The van der Waals surface area contributed by atoms with Gasteiger partial charge in [0.05, 0.1) is 11.9 Å². The minimum atomic E-state index is 0.215. The lowest BCUT2D eigenvalue weighted by atomic mass is 10.2. The molecule has 3 nitrogen and oxygen atoms in total. The summed E-state index contributed by atoms with van der Waals surface area (Å²) < 4.78 is 0. The molecule has 1 N–H and O–H groups in total. The molecule has 14 heavy (non-hydrogen) atoms. The van der Waals surface area contributed by atoms with Gasteiger partial charge in [-0.3, -0.25) is 0 Å². The summed E-state index contributed by atoms with van der Waals surface area (Å²) in [4.78, 5) is 8.40. The van der Waals surface area contributed by atoms with Crippen molar-refractivity contribution in [3.05, 3.63) is 17.7 Å². The molecule has 0 atom stereocenters. The monoisotopic (exact) mass is 194 g/mol. The Hall–Kier alpha value is -1.12. The summed E-state index contributed by atoms with van der Waals surface area (Å²) in [6.45, 7) is 4.16. The highest BCUT2D eigenvalue weighted by Gasteiger charge is 2.03. The van der Waals surface area contributed by atoms with Crippen molar-refractivity contribution in [3.8, 4) is 5.75 Å². The third-order valence-electron chi connectivity index (χ3n) is 2.23. The lowest BCUT2D eigenvalue weighted by molar-refractivity contribution is 0.459. The zero-order valence-corrected chi connectivity index (χ0v) is 8.95. The number of aromatic nitrogens is 2. The van der Waals surface area contributed by atoms with E-state index in [2.05, 4.69) is 16.9 Å². The van der Waals surface area contributed by atoms with Crippen molar-refractivity contribution in [3.63, 3.8) is 0 Å². The molecule has 3 heteroatoms. The summed E-state index contributed by atoms with van der Waals surface area (Å²) in [6.07, 6.45) is 6.73. The van der Waals surface area contributed by atoms with Crippen LogP contribution in [0.15, 0.2) is 6.20 Å². The van der Waals surface area contributed by atoms with Gasteiger partial charge in [-0.25, -0.2) is 9.97 Å². The van der Waals surface area contributed by atoms with Crippen molar-refractivity contribution in [2.45, 2.75) is 46.0 Å². The van der Waals surface area contributed by atoms with Crippen LogP contribution in [-0.2, 0) is 12.8 Å². The largest absolute Gasteiger partial charge is 0.504 e. The first-order valence-electron chi connectivity index (χ1n) is 5.31. The number of hydrogen-bond donors (Lipinski definition) is 1. The van der Waals surface area contributed by atoms with Crippen LogP contribution in [0.25, 0.3) is 0 Å². The van der Waals surface area contributed by atoms with E-state index in [1.165, 1.54) is 19.0 Å². The molecule has 1 heterocycles. The van der Waals surface area contributed by atoms with Gasteiger partial charge >= 0.3 is 0 Å². The molecule has 0 fully saturated rings. The van der Waals surface area contributed by atoms with Crippen molar-refractivity contribution in [1.82, 2.24) is 9.97 Å². The summed E-state index contributed by atoms with van der Waals surface area (Å²) in [5, 5.41) is 9.38. The van der Waals surface area contributed by atoms with Gasteiger partial charge in [-0.15, -0.1) is 0 Å². The van der Waals surface area contributed by atoms with Gasteiger partial charge in [0.25, 0.3) is 0 Å². The van der Waals surface area contributed by atoms with Crippen LogP contribution >= 0.6 is 0 Å². The molecule has 0 saturated carbocycles. The Balaban J connectivity index is 2.60. The Kier molecular flexibility index (Phi) is 4.36. The van der Waals surface area contributed by atoms with Crippen molar-refractivity contribution in [2.75, 3.05) is 0 Å².